The van der Waals surface area contributed by atoms with Crippen LogP contribution in [0.15, 0.2) is 42.5 Å². The van der Waals surface area contributed by atoms with E-state index in [4.69, 9.17) is 4.74 Å². The molecule has 0 saturated carbocycles. The fourth-order valence-electron chi connectivity index (χ4n) is 2.65. The first-order chi connectivity index (χ1) is 12.1. The molecular formula is C18H19FN4O2. The maximum atomic E-state index is 13.8. The van der Waals surface area contributed by atoms with Gasteiger partial charge in [0.1, 0.15) is 17.1 Å². The van der Waals surface area contributed by atoms with Gasteiger partial charge in [0.2, 0.25) is 0 Å². The molecule has 0 atom stereocenters. The van der Waals surface area contributed by atoms with Crippen LogP contribution >= 0.6 is 0 Å². The lowest BCUT2D eigenvalue weighted by Gasteiger charge is -2.10. The summed E-state index contributed by atoms with van der Waals surface area (Å²) in [5, 5.41) is 5.50. The molecule has 1 heterocycles. The molecular weight excluding hydrogens is 323 g/mol. The number of amides is 2. The Labute approximate surface area is 144 Å². The maximum Gasteiger partial charge on any atom is 0.319 e. The molecule has 130 valence electrons. The van der Waals surface area contributed by atoms with E-state index in [1.807, 2.05) is 29.8 Å². The van der Waals surface area contributed by atoms with E-state index in [9.17, 15) is 9.18 Å². The number of halogens is 1. The smallest absolute Gasteiger partial charge is 0.319 e. The van der Waals surface area contributed by atoms with E-state index in [0.717, 1.165) is 5.52 Å². The predicted molar refractivity (Wildman–Crippen MR) is 94.4 cm³/mol. The third-order valence-electron chi connectivity index (χ3n) is 3.94. The van der Waals surface area contributed by atoms with Crippen molar-refractivity contribution in [2.24, 2.45) is 7.05 Å². The molecule has 0 saturated heterocycles. The van der Waals surface area contributed by atoms with Crippen LogP contribution < -0.4 is 15.4 Å². The van der Waals surface area contributed by atoms with Crippen molar-refractivity contribution >= 4 is 22.8 Å². The van der Waals surface area contributed by atoms with Gasteiger partial charge in [-0.05, 0) is 24.3 Å². The summed E-state index contributed by atoms with van der Waals surface area (Å²) in [6.07, 6.45) is 0.490. The van der Waals surface area contributed by atoms with Gasteiger partial charge in [-0.1, -0.05) is 18.2 Å². The second kappa shape index (κ2) is 7.21. The number of nitrogens with one attached hydrogen (secondary N) is 2. The van der Waals surface area contributed by atoms with Crippen LogP contribution in [0, 0.1) is 5.82 Å². The maximum absolute atomic E-state index is 13.8. The van der Waals surface area contributed by atoms with Gasteiger partial charge in [0.05, 0.1) is 18.3 Å². The number of ether oxygens (including phenoxy) is 1. The molecule has 0 unspecified atom stereocenters. The van der Waals surface area contributed by atoms with Crippen LogP contribution in [0.3, 0.4) is 0 Å². The molecule has 2 N–H and O–H groups in total. The van der Waals surface area contributed by atoms with E-state index in [1.165, 1.54) is 6.07 Å². The minimum atomic E-state index is -0.346. The summed E-state index contributed by atoms with van der Waals surface area (Å²) in [7, 11) is 3.38. The van der Waals surface area contributed by atoms with Gasteiger partial charge in [0.15, 0.2) is 5.82 Å². The molecule has 0 bridgehead atoms. The monoisotopic (exact) mass is 342 g/mol. The zero-order chi connectivity index (χ0) is 17.8. The number of aryl methyl sites for hydroxylation is 1. The average molecular weight is 342 g/mol. The average Bonchev–Trinajstić information content (AvgIpc) is 2.93. The SMILES string of the molecule is COc1ccccc1NC(=O)NCCc1nc2c(F)cccc2n1C. The molecule has 0 aliphatic carbocycles. The molecule has 1 aromatic heterocycles. The van der Waals surface area contributed by atoms with Crippen LogP contribution in [0.5, 0.6) is 5.75 Å². The second-order valence-corrected chi connectivity index (χ2v) is 5.53. The first-order valence-electron chi connectivity index (χ1n) is 7.88. The molecule has 0 radical (unpaired) electrons. The first kappa shape index (κ1) is 16.8. The normalized spacial score (nSPS) is 10.7. The molecule has 7 heteroatoms. The Morgan fingerprint density at radius 1 is 1.24 bits per heavy atom. The Hall–Kier alpha value is -3.09. The number of hydrogen-bond donors (Lipinski definition) is 2. The Bertz CT molecular complexity index is 907. The number of methoxy groups -OCH3 is 1. The van der Waals surface area contributed by atoms with Crippen molar-refractivity contribution in [3.8, 4) is 5.75 Å². The highest BCUT2D eigenvalue weighted by Gasteiger charge is 2.11. The minimum absolute atomic E-state index is 0.338. The molecule has 25 heavy (non-hydrogen) atoms. The van der Waals surface area contributed by atoms with Crippen LogP contribution in [0.25, 0.3) is 11.0 Å². The van der Waals surface area contributed by atoms with Gasteiger partial charge in [-0.3, -0.25) is 0 Å². The van der Waals surface area contributed by atoms with Gasteiger partial charge < -0.3 is 19.9 Å². The van der Waals surface area contributed by atoms with Gasteiger partial charge in [-0.15, -0.1) is 0 Å². The van der Waals surface area contributed by atoms with Crippen molar-refractivity contribution in [2.45, 2.75) is 6.42 Å². The number of nitrogens with zero attached hydrogens (tertiary/aromatic N) is 2. The number of urea groups is 1. The summed E-state index contributed by atoms with van der Waals surface area (Å²) in [5.74, 6) is 0.947. The third kappa shape index (κ3) is 3.55. The van der Waals surface area contributed by atoms with Gasteiger partial charge in [-0.25, -0.2) is 14.2 Å². The number of imidazole rings is 1. The minimum Gasteiger partial charge on any atom is -0.495 e. The number of hydrogen-bond acceptors (Lipinski definition) is 3. The molecule has 0 aliphatic heterocycles. The Kier molecular flexibility index (Phi) is 4.83. The highest BCUT2D eigenvalue weighted by Crippen LogP contribution is 2.22. The second-order valence-electron chi connectivity index (χ2n) is 5.53. The highest BCUT2D eigenvalue weighted by molar-refractivity contribution is 5.90. The van der Waals surface area contributed by atoms with Gasteiger partial charge >= 0.3 is 6.03 Å². The third-order valence-corrected chi connectivity index (χ3v) is 3.94. The summed E-state index contributed by atoms with van der Waals surface area (Å²) < 4.78 is 20.8. The number of para-hydroxylation sites is 3. The fourth-order valence-corrected chi connectivity index (χ4v) is 2.65. The van der Waals surface area contributed by atoms with Crippen molar-refractivity contribution in [3.05, 3.63) is 54.1 Å². The summed E-state index contributed by atoms with van der Waals surface area (Å²) >= 11 is 0. The van der Waals surface area contributed by atoms with E-state index < -0.39 is 0 Å². The molecule has 3 aromatic rings. The van der Waals surface area contributed by atoms with Crippen molar-refractivity contribution in [2.75, 3.05) is 19.0 Å². The number of fused-ring (bicyclic) bond motifs is 1. The van der Waals surface area contributed by atoms with Crippen molar-refractivity contribution in [1.82, 2.24) is 14.9 Å². The van der Waals surface area contributed by atoms with Crippen LogP contribution in [0.2, 0.25) is 0 Å². The number of anilines is 1. The van der Waals surface area contributed by atoms with Gasteiger partial charge in [-0.2, -0.15) is 0 Å². The molecule has 0 fully saturated rings. The summed E-state index contributed by atoms with van der Waals surface area (Å²) in [6, 6.07) is 11.7. The predicted octanol–water partition coefficient (Wildman–Crippen LogP) is 3.09. The van der Waals surface area contributed by atoms with E-state index in [0.29, 0.717) is 35.7 Å². The van der Waals surface area contributed by atoms with Crippen molar-refractivity contribution < 1.29 is 13.9 Å². The first-order valence-corrected chi connectivity index (χ1v) is 7.88. The zero-order valence-electron chi connectivity index (χ0n) is 14.0. The Balaban J connectivity index is 1.60. The van der Waals surface area contributed by atoms with Crippen molar-refractivity contribution in [1.29, 1.82) is 0 Å². The van der Waals surface area contributed by atoms with Gasteiger partial charge in [0.25, 0.3) is 0 Å². The Morgan fingerprint density at radius 3 is 2.80 bits per heavy atom. The molecule has 6 nitrogen and oxygen atoms in total. The number of rotatable bonds is 5. The zero-order valence-corrected chi connectivity index (χ0v) is 14.0. The summed E-state index contributed by atoms with van der Waals surface area (Å²) in [5.41, 5.74) is 1.67. The highest BCUT2D eigenvalue weighted by atomic mass is 19.1. The standard InChI is InChI=1S/C18H19FN4O2/c1-23-14-8-5-6-12(19)17(14)22-16(23)10-11-20-18(24)21-13-7-3-4-9-15(13)25-2/h3-9H,10-11H2,1-2H3,(H2,20,21,24). The number of carbonyl (C=O) groups excluding carboxylic acids is 1. The van der Waals surface area contributed by atoms with Gasteiger partial charge in [0, 0.05) is 20.0 Å². The molecule has 0 spiro atoms. The topological polar surface area (TPSA) is 68.2 Å². The molecule has 2 amide bonds. The molecule has 2 aromatic carbocycles. The van der Waals surface area contributed by atoms with E-state index >= 15 is 0 Å². The quantitative estimate of drug-likeness (QED) is 0.749. The molecule has 0 aliphatic rings. The largest absolute Gasteiger partial charge is 0.495 e. The van der Waals surface area contributed by atoms with E-state index in [2.05, 4.69) is 15.6 Å². The van der Waals surface area contributed by atoms with Crippen LogP contribution in [-0.4, -0.2) is 29.2 Å². The van der Waals surface area contributed by atoms with Crippen LogP contribution in [0.1, 0.15) is 5.82 Å². The van der Waals surface area contributed by atoms with Crippen molar-refractivity contribution in [3.63, 3.8) is 0 Å². The number of carbonyl (C=O) groups is 1. The number of benzene rings is 2. The lowest BCUT2D eigenvalue weighted by Crippen LogP contribution is -2.31. The van der Waals surface area contributed by atoms with E-state index in [-0.39, 0.29) is 11.8 Å². The molecule has 3 rings (SSSR count). The fraction of sp³-hybridized carbons (Fsp3) is 0.222. The lowest BCUT2D eigenvalue weighted by molar-refractivity contribution is 0.252. The summed E-state index contributed by atoms with van der Waals surface area (Å²) in [6.45, 7) is 0.375. The van der Waals surface area contributed by atoms with Crippen LogP contribution in [-0.2, 0) is 13.5 Å². The van der Waals surface area contributed by atoms with E-state index in [1.54, 1.807) is 25.3 Å². The van der Waals surface area contributed by atoms with Crippen LogP contribution in [0.4, 0.5) is 14.9 Å². The number of aromatic nitrogens is 2. The lowest BCUT2D eigenvalue weighted by atomic mass is 10.3. The Morgan fingerprint density at radius 2 is 2.04 bits per heavy atom. The summed E-state index contributed by atoms with van der Waals surface area (Å²) in [4.78, 5) is 16.3.